The fourth-order valence-electron chi connectivity index (χ4n) is 2.99. The summed E-state index contributed by atoms with van der Waals surface area (Å²) in [5.74, 6) is -0.342. The highest BCUT2D eigenvalue weighted by atomic mass is 35.5. The predicted octanol–water partition coefficient (Wildman–Crippen LogP) is 4.46. The third-order valence-electron chi connectivity index (χ3n) is 4.45. The average Bonchev–Trinajstić information content (AvgIpc) is 2.60. The molecule has 0 aliphatic heterocycles. The minimum atomic E-state index is -3.92. The van der Waals surface area contributed by atoms with Crippen LogP contribution in [0.5, 0.6) is 0 Å². The number of anilines is 1. The van der Waals surface area contributed by atoms with Gasteiger partial charge in [0.25, 0.3) is 10.0 Å². The first-order chi connectivity index (χ1) is 13.1. The molecule has 2 aromatic carbocycles. The molecule has 2 aromatic rings. The number of aryl methyl sites for hydroxylation is 2. The molecule has 0 aliphatic carbocycles. The lowest BCUT2D eigenvalue weighted by atomic mass is 10.2. The van der Waals surface area contributed by atoms with Gasteiger partial charge in [-0.1, -0.05) is 42.6 Å². The van der Waals surface area contributed by atoms with E-state index < -0.39 is 10.0 Å². The smallest absolute Gasteiger partial charge is 0.264 e. The zero-order valence-electron chi connectivity index (χ0n) is 16.7. The van der Waals surface area contributed by atoms with Crippen LogP contribution in [0.25, 0.3) is 0 Å². The summed E-state index contributed by atoms with van der Waals surface area (Å²) < 4.78 is 27.8. The van der Waals surface area contributed by atoms with E-state index in [0.717, 1.165) is 22.7 Å². The number of halogens is 1. The second-order valence-corrected chi connectivity index (χ2v) is 9.31. The van der Waals surface area contributed by atoms with E-state index >= 15 is 0 Å². The molecule has 0 fully saturated rings. The van der Waals surface area contributed by atoms with Crippen molar-refractivity contribution in [3.05, 3.63) is 58.6 Å². The molecule has 0 radical (unpaired) electrons. The number of hydrogen-bond acceptors (Lipinski definition) is 3. The summed E-state index contributed by atoms with van der Waals surface area (Å²) in [6.45, 7) is 7.31. The van der Waals surface area contributed by atoms with Crippen LogP contribution in [0.15, 0.2) is 47.4 Å². The van der Waals surface area contributed by atoms with Crippen LogP contribution in [0, 0.1) is 13.8 Å². The van der Waals surface area contributed by atoms with Gasteiger partial charge in [0, 0.05) is 11.1 Å². The van der Waals surface area contributed by atoms with Gasteiger partial charge in [-0.25, -0.2) is 8.42 Å². The Morgan fingerprint density at radius 1 is 1.14 bits per heavy atom. The molecule has 7 heteroatoms. The number of amides is 1. The summed E-state index contributed by atoms with van der Waals surface area (Å²) in [5.41, 5.74) is 2.07. The standard InChI is InChI=1S/C21H27ClN2O3S/c1-5-6-17(4)23-21(25)14-24(20-12-9-18(22)13-16(20)3)28(26,27)19-10-7-15(2)8-11-19/h7-13,17H,5-6,14H2,1-4H3,(H,23,25)/t17-/m1/s1. The zero-order valence-corrected chi connectivity index (χ0v) is 18.3. The fraction of sp³-hybridized carbons (Fsp3) is 0.381. The summed E-state index contributed by atoms with van der Waals surface area (Å²) in [7, 11) is -3.92. The van der Waals surface area contributed by atoms with Crippen LogP contribution in [0.3, 0.4) is 0 Å². The number of rotatable bonds is 8. The first-order valence-corrected chi connectivity index (χ1v) is 11.1. The van der Waals surface area contributed by atoms with Crippen molar-refractivity contribution in [2.24, 2.45) is 0 Å². The van der Waals surface area contributed by atoms with Crippen molar-refractivity contribution in [1.29, 1.82) is 0 Å². The first kappa shape index (κ1) is 22.2. The van der Waals surface area contributed by atoms with Gasteiger partial charge in [-0.3, -0.25) is 9.10 Å². The average molecular weight is 423 g/mol. The van der Waals surface area contributed by atoms with Crippen molar-refractivity contribution >= 4 is 33.2 Å². The van der Waals surface area contributed by atoms with Gasteiger partial charge in [-0.2, -0.15) is 0 Å². The van der Waals surface area contributed by atoms with Gasteiger partial charge >= 0.3 is 0 Å². The van der Waals surface area contributed by atoms with E-state index in [-0.39, 0.29) is 23.4 Å². The number of sulfonamides is 1. The van der Waals surface area contributed by atoms with E-state index in [4.69, 9.17) is 11.6 Å². The van der Waals surface area contributed by atoms with E-state index in [1.807, 2.05) is 20.8 Å². The fourth-order valence-corrected chi connectivity index (χ4v) is 4.70. The minimum Gasteiger partial charge on any atom is -0.352 e. The van der Waals surface area contributed by atoms with E-state index in [1.54, 1.807) is 49.4 Å². The zero-order chi connectivity index (χ0) is 20.9. The molecule has 0 spiro atoms. The molecule has 1 atom stereocenters. The Kier molecular flexibility index (Phi) is 7.49. The molecule has 0 bridgehead atoms. The number of hydrogen-bond donors (Lipinski definition) is 1. The van der Waals surface area contributed by atoms with E-state index in [1.165, 1.54) is 0 Å². The van der Waals surface area contributed by atoms with Crippen LogP contribution in [-0.2, 0) is 14.8 Å². The van der Waals surface area contributed by atoms with Crippen LogP contribution < -0.4 is 9.62 Å². The largest absolute Gasteiger partial charge is 0.352 e. The molecule has 5 nitrogen and oxygen atoms in total. The van der Waals surface area contributed by atoms with Crippen LogP contribution in [0.1, 0.15) is 37.8 Å². The Balaban J connectivity index is 2.44. The topological polar surface area (TPSA) is 66.5 Å². The molecule has 2 rings (SSSR count). The van der Waals surface area contributed by atoms with Gasteiger partial charge in [0.05, 0.1) is 10.6 Å². The van der Waals surface area contributed by atoms with Crippen molar-refractivity contribution in [2.45, 2.75) is 51.5 Å². The SMILES string of the molecule is CCC[C@@H](C)NC(=O)CN(c1ccc(Cl)cc1C)S(=O)(=O)c1ccc(C)cc1. The molecule has 0 saturated heterocycles. The monoisotopic (exact) mass is 422 g/mol. The maximum Gasteiger partial charge on any atom is 0.264 e. The normalized spacial score (nSPS) is 12.5. The maximum atomic E-state index is 13.3. The van der Waals surface area contributed by atoms with Crippen molar-refractivity contribution in [3.63, 3.8) is 0 Å². The summed E-state index contributed by atoms with van der Waals surface area (Å²) in [6.07, 6.45) is 1.76. The van der Waals surface area contributed by atoms with E-state index in [9.17, 15) is 13.2 Å². The summed E-state index contributed by atoms with van der Waals surface area (Å²) >= 11 is 6.03. The van der Waals surface area contributed by atoms with Gasteiger partial charge < -0.3 is 5.32 Å². The van der Waals surface area contributed by atoms with Gasteiger partial charge in [0.15, 0.2) is 0 Å². The van der Waals surface area contributed by atoms with Crippen molar-refractivity contribution in [3.8, 4) is 0 Å². The van der Waals surface area contributed by atoms with E-state index in [0.29, 0.717) is 16.3 Å². The molecule has 152 valence electrons. The molecular formula is C21H27ClN2O3S. The Labute approximate surface area is 172 Å². The number of carbonyl (C=O) groups excluding carboxylic acids is 1. The molecule has 1 amide bonds. The summed E-state index contributed by atoms with van der Waals surface area (Å²) in [6, 6.07) is 11.5. The lowest BCUT2D eigenvalue weighted by molar-refractivity contribution is -0.120. The van der Waals surface area contributed by atoms with Gasteiger partial charge in [0.1, 0.15) is 6.54 Å². The van der Waals surface area contributed by atoms with Crippen LogP contribution in [-0.4, -0.2) is 26.9 Å². The highest BCUT2D eigenvalue weighted by molar-refractivity contribution is 7.92. The maximum absolute atomic E-state index is 13.3. The van der Waals surface area contributed by atoms with Gasteiger partial charge in [-0.05, 0) is 63.1 Å². The van der Waals surface area contributed by atoms with Crippen LogP contribution in [0.4, 0.5) is 5.69 Å². The Morgan fingerprint density at radius 2 is 1.79 bits per heavy atom. The molecular weight excluding hydrogens is 396 g/mol. The van der Waals surface area contributed by atoms with Crippen LogP contribution in [0.2, 0.25) is 5.02 Å². The number of carbonyl (C=O) groups is 1. The van der Waals surface area contributed by atoms with Crippen LogP contribution >= 0.6 is 11.6 Å². The second kappa shape index (κ2) is 9.43. The molecule has 0 saturated carbocycles. The molecule has 0 unspecified atom stereocenters. The number of nitrogens with one attached hydrogen (secondary N) is 1. The van der Waals surface area contributed by atoms with Crippen molar-refractivity contribution in [2.75, 3.05) is 10.8 Å². The Bertz CT molecular complexity index is 927. The number of benzene rings is 2. The Hall–Kier alpha value is -2.05. The molecule has 0 aliphatic rings. The lowest BCUT2D eigenvalue weighted by Gasteiger charge is -2.26. The van der Waals surface area contributed by atoms with Gasteiger partial charge in [0.2, 0.25) is 5.91 Å². The third-order valence-corrected chi connectivity index (χ3v) is 6.46. The predicted molar refractivity (Wildman–Crippen MR) is 114 cm³/mol. The molecule has 0 aromatic heterocycles. The molecule has 0 heterocycles. The Morgan fingerprint density at radius 3 is 2.36 bits per heavy atom. The third kappa shape index (κ3) is 5.49. The highest BCUT2D eigenvalue weighted by Gasteiger charge is 2.28. The van der Waals surface area contributed by atoms with Crippen molar-refractivity contribution in [1.82, 2.24) is 5.32 Å². The number of nitrogens with zero attached hydrogens (tertiary/aromatic N) is 1. The quantitative estimate of drug-likeness (QED) is 0.683. The second-order valence-electron chi connectivity index (χ2n) is 7.01. The highest BCUT2D eigenvalue weighted by Crippen LogP contribution is 2.29. The summed E-state index contributed by atoms with van der Waals surface area (Å²) in [5, 5.41) is 3.38. The molecule has 28 heavy (non-hydrogen) atoms. The first-order valence-electron chi connectivity index (χ1n) is 9.30. The van der Waals surface area contributed by atoms with Crippen molar-refractivity contribution < 1.29 is 13.2 Å². The summed E-state index contributed by atoms with van der Waals surface area (Å²) in [4.78, 5) is 12.7. The minimum absolute atomic E-state index is 0.0206. The lowest BCUT2D eigenvalue weighted by Crippen LogP contribution is -2.43. The van der Waals surface area contributed by atoms with Gasteiger partial charge in [-0.15, -0.1) is 0 Å². The van der Waals surface area contributed by atoms with E-state index in [2.05, 4.69) is 5.32 Å². The molecule has 1 N–H and O–H groups in total.